The molecule has 3 aromatic carbocycles. The highest BCUT2D eigenvalue weighted by Crippen LogP contribution is 2.34. The maximum Gasteiger partial charge on any atom is 0.248 e. The summed E-state index contributed by atoms with van der Waals surface area (Å²) in [5.74, 6) is -0.162. The molecule has 5 rings (SSSR count). The van der Waals surface area contributed by atoms with E-state index in [0.717, 1.165) is 48.6 Å². The molecule has 4 aromatic rings. The maximum atomic E-state index is 14.4. The second kappa shape index (κ2) is 12.2. The van der Waals surface area contributed by atoms with Crippen LogP contribution in [0.3, 0.4) is 0 Å². The van der Waals surface area contributed by atoms with Crippen molar-refractivity contribution in [2.75, 3.05) is 12.0 Å². The van der Waals surface area contributed by atoms with Gasteiger partial charge >= 0.3 is 0 Å². The molecular weight excluding hydrogens is 502 g/mol. The van der Waals surface area contributed by atoms with Gasteiger partial charge in [0.2, 0.25) is 11.8 Å². The van der Waals surface area contributed by atoms with Gasteiger partial charge in [-0.25, -0.2) is 0 Å². The first-order valence-corrected chi connectivity index (χ1v) is 13.9. The number of nitrogens with one attached hydrogen (secondary N) is 2. The maximum absolute atomic E-state index is 14.4. The molecule has 0 aliphatic heterocycles. The number of para-hydroxylation sites is 2. The number of benzene rings is 3. The highest BCUT2D eigenvalue weighted by molar-refractivity contribution is 6.09. The number of hydrogen-bond acceptors (Lipinski definition) is 4. The van der Waals surface area contributed by atoms with Crippen LogP contribution in [0.4, 0.5) is 5.69 Å². The Hall–Kier alpha value is -4.39. The Labute approximate surface area is 234 Å². The van der Waals surface area contributed by atoms with Crippen LogP contribution in [0.25, 0.3) is 10.9 Å². The summed E-state index contributed by atoms with van der Waals surface area (Å²) in [4.78, 5) is 46.1. The lowest BCUT2D eigenvalue weighted by Gasteiger charge is -2.34. The van der Waals surface area contributed by atoms with Gasteiger partial charge in [0.15, 0.2) is 5.78 Å². The first-order valence-electron chi connectivity index (χ1n) is 13.9. The summed E-state index contributed by atoms with van der Waals surface area (Å²) < 4.78 is 5.48. The zero-order valence-electron chi connectivity index (χ0n) is 23.0. The van der Waals surface area contributed by atoms with E-state index in [0.29, 0.717) is 22.6 Å². The average Bonchev–Trinajstić information content (AvgIpc) is 3.38. The van der Waals surface area contributed by atoms with Crippen molar-refractivity contribution in [2.24, 2.45) is 0 Å². The van der Waals surface area contributed by atoms with Gasteiger partial charge < -0.3 is 15.0 Å². The van der Waals surface area contributed by atoms with E-state index in [1.165, 1.54) is 11.8 Å². The van der Waals surface area contributed by atoms with Crippen LogP contribution in [-0.2, 0) is 16.0 Å². The molecule has 40 heavy (non-hydrogen) atoms. The van der Waals surface area contributed by atoms with E-state index in [9.17, 15) is 14.4 Å². The minimum Gasteiger partial charge on any atom is -0.497 e. The number of carbonyl (C=O) groups is 3. The number of nitrogens with zero attached hydrogens (tertiary/aromatic N) is 1. The normalized spacial score (nSPS) is 14.4. The molecule has 1 aromatic heterocycles. The van der Waals surface area contributed by atoms with Crippen molar-refractivity contribution in [1.82, 2.24) is 10.3 Å². The van der Waals surface area contributed by atoms with E-state index in [-0.39, 0.29) is 30.1 Å². The Morgan fingerprint density at radius 3 is 2.50 bits per heavy atom. The van der Waals surface area contributed by atoms with Gasteiger partial charge in [0, 0.05) is 28.7 Å². The molecule has 2 N–H and O–H groups in total. The van der Waals surface area contributed by atoms with Gasteiger partial charge in [-0.15, -0.1) is 0 Å². The molecule has 0 radical (unpaired) electrons. The van der Waals surface area contributed by atoms with Gasteiger partial charge in [-0.2, -0.15) is 0 Å². The predicted molar refractivity (Wildman–Crippen MR) is 157 cm³/mol. The number of carbonyl (C=O) groups excluding carboxylic acids is 3. The van der Waals surface area contributed by atoms with E-state index in [1.807, 2.05) is 42.6 Å². The molecule has 0 spiro atoms. The van der Waals surface area contributed by atoms with E-state index < -0.39 is 6.04 Å². The Morgan fingerprint density at radius 1 is 0.975 bits per heavy atom. The largest absolute Gasteiger partial charge is 0.497 e. The highest BCUT2D eigenvalue weighted by atomic mass is 16.5. The third-order valence-electron chi connectivity index (χ3n) is 7.70. The molecule has 0 bridgehead atoms. The number of amides is 2. The first-order chi connectivity index (χ1) is 19.5. The number of hydrogen-bond donors (Lipinski definition) is 2. The molecule has 1 saturated carbocycles. The second-order valence-corrected chi connectivity index (χ2v) is 10.4. The second-order valence-electron chi connectivity index (χ2n) is 10.4. The number of rotatable bonds is 9. The number of anilines is 1. The number of aromatic nitrogens is 1. The monoisotopic (exact) mass is 537 g/mol. The number of methoxy groups -OCH3 is 1. The van der Waals surface area contributed by atoms with Crippen LogP contribution in [0.1, 0.15) is 66.6 Å². The van der Waals surface area contributed by atoms with Crippen molar-refractivity contribution >= 4 is 34.2 Å². The zero-order chi connectivity index (χ0) is 28.1. The Balaban J connectivity index is 1.63. The molecular formula is C33H35N3O4. The van der Waals surface area contributed by atoms with Gasteiger partial charge in [0.25, 0.3) is 0 Å². The quantitative estimate of drug-likeness (QED) is 0.251. The highest BCUT2D eigenvalue weighted by Gasteiger charge is 2.36. The lowest BCUT2D eigenvalue weighted by molar-refractivity contribution is -0.127. The van der Waals surface area contributed by atoms with Crippen molar-refractivity contribution in [3.8, 4) is 5.75 Å². The molecule has 1 heterocycles. The van der Waals surface area contributed by atoms with Crippen LogP contribution in [0.2, 0.25) is 0 Å². The van der Waals surface area contributed by atoms with Crippen LogP contribution in [-0.4, -0.2) is 35.7 Å². The summed E-state index contributed by atoms with van der Waals surface area (Å²) >= 11 is 0. The molecule has 1 aliphatic carbocycles. The van der Waals surface area contributed by atoms with Gasteiger partial charge in [-0.3, -0.25) is 19.3 Å². The van der Waals surface area contributed by atoms with Crippen LogP contribution in [0.15, 0.2) is 79.0 Å². The molecule has 2 amide bonds. The number of ketones is 1. The van der Waals surface area contributed by atoms with Gasteiger partial charge in [0.1, 0.15) is 11.8 Å². The molecule has 1 atom stereocenters. The lowest BCUT2D eigenvalue weighted by Crippen LogP contribution is -2.48. The fourth-order valence-corrected chi connectivity index (χ4v) is 5.68. The Bertz CT molecular complexity index is 1520. The Kier molecular flexibility index (Phi) is 8.29. The van der Waals surface area contributed by atoms with Crippen molar-refractivity contribution in [2.45, 2.75) is 57.5 Å². The van der Waals surface area contributed by atoms with E-state index in [1.54, 1.807) is 43.5 Å². The summed E-state index contributed by atoms with van der Waals surface area (Å²) in [6.07, 6.45) is 6.98. The van der Waals surface area contributed by atoms with Crippen molar-refractivity contribution < 1.29 is 19.1 Å². The summed E-state index contributed by atoms with van der Waals surface area (Å²) in [6.45, 7) is 1.48. The fraction of sp³-hybridized carbons (Fsp3) is 0.303. The predicted octanol–water partition coefficient (Wildman–Crippen LogP) is 6.15. The van der Waals surface area contributed by atoms with Crippen LogP contribution in [0.5, 0.6) is 5.75 Å². The summed E-state index contributed by atoms with van der Waals surface area (Å²) in [6, 6.07) is 21.1. The number of fused-ring (bicyclic) bond motifs is 1. The fourth-order valence-electron chi connectivity index (χ4n) is 5.68. The lowest BCUT2D eigenvalue weighted by atomic mass is 9.94. The average molecular weight is 538 g/mol. The SMILES string of the molecule is COc1cccc([C@@H](C(=O)NC2CCCCC2)N(C(=O)Cc2c[nH]c3ccccc23)c2ccccc2C(C)=O)c1. The Morgan fingerprint density at radius 2 is 1.73 bits per heavy atom. The smallest absolute Gasteiger partial charge is 0.248 e. The van der Waals surface area contributed by atoms with Crippen LogP contribution < -0.4 is 15.0 Å². The van der Waals surface area contributed by atoms with E-state index in [4.69, 9.17) is 4.74 Å². The minimum absolute atomic E-state index is 0.0444. The van der Waals surface area contributed by atoms with Gasteiger partial charge in [-0.1, -0.05) is 61.7 Å². The van der Waals surface area contributed by atoms with Crippen molar-refractivity contribution in [1.29, 1.82) is 0 Å². The number of H-pyrrole nitrogens is 1. The zero-order valence-corrected chi connectivity index (χ0v) is 23.0. The minimum atomic E-state index is -1.00. The molecule has 0 unspecified atom stereocenters. The molecule has 1 aliphatic rings. The van der Waals surface area contributed by atoms with Gasteiger partial charge in [0.05, 0.1) is 19.2 Å². The first kappa shape index (κ1) is 27.2. The third kappa shape index (κ3) is 5.78. The topological polar surface area (TPSA) is 91.5 Å². The number of ether oxygens (including phenoxy) is 1. The van der Waals surface area contributed by atoms with Crippen molar-refractivity contribution in [3.05, 3.63) is 95.7 Å². The molecule has 7 heteroatoms. The van der Waals surface area contributed by atoms with Crippen LogP contribution >= 0.6 is 0 Å². The molecule has 7 nitrogen and oxygen atoms in total. The van der Waals surface area contributed by atoms with Crippen molar-refractivity contribution in [3.63, 3.8) is 0 Å². The third-order valence-corrected chi connectivity index (χ3v) is 7.70. The van der Waals surface area contributed by atoms with E-state index >= 15 is 0 Å². The number of aromatic amines is 1. The molecule has 0 saturated heterocycles. The van der Waals surface area contributed by atoms with Crippen LogP contribution in [0, 0.1) is 0 Å². The van der Waals surface area contributed by atoms with E-state index in [2.05, 4.69) is 10.3 Å². The van der Waals surface area contributed by atoms with Gasteiger partial charge in [-0.05, 0) is 61.2 Å². The summed E-state index contributed by atoms with van der Waals surface area (Å²) in [5.41, 5.74) is 3.15. The molecule has 206 valence electrons. The summed E-state index contributed by atoms with van der Waals surface area (Å²) in [7, 11) is 1.57. The molecule has 1 fully saturated rings. The standard InChI is InChI=1S/C33H35N3O4/c1-22(37)27-15-7-9-18-30(27)36(31(38)20-24-21-34-29-17-8-6-16-28(24)29)32(23-11-10-14-26(19-23)40-2)33(39)35-25-12-4-3-5-13-25/h6-11,14-19,21,25,32,34H,3-5,12-13,20H2,1-2H3,(H,35,39)/t32-/m0/s1. The number of Topliss-reactive ketones (excluding diaryl/α,β-unsaturated/α-hetero) is 1. The summed E-state index contributed by atoms with van der Waals surface area (Å²) in [5, 5.41) is 4.18.